The Kier molecular flexibility index (Phi) is 5.14. The second-order valence-corrected chi connectivity index (χ2v) is 7.20. The van der Waals surface area contributed by atoms with E-state index in [0.29, 0.717) is 10.7 Å². The average Bonchev–Trinajstić information content (AvgIpc) is 2.72. The van der Waals surface area contributed by atoms with Crippen molar-refractivity contribution < 1.29 is 9.59 Å². The Hall–Kier alpha value is -3.44. The van der Waals surface area contributed by atoms with E-state index in [2.05, 4.69) is 10.3 Å². The summed E-state index contributed by atoms with van der Waals surface area (Å²) in [6.45, 7) is 0. The molecule has 4 aromatic rings. The highest BCUT2D eigenvalue weighted by atomic mass is 35.5. The molecule has 4 rings (SSSR count). The molecule has 0 aliphatic carbocycles. The largest absolute Gasteiger partial charge is 0.368 e. The zero-order valence-corrected chi connectivity index (χ0v) is 16.2. The van der Waals surface area contributed by atoms with E-state index in [1.54, 1.807) is 18.3 Å². The molecule has 0 aliphatic rings. The normalized spacial score (nSPS) is 12.0. The van der Waals surface area contributed by atoms with Gasteiger partial charge >= 0.3 is 0 Å². The highest BCUT2D eigenvalue weighted by Gasteiger charge is 2.22. The van der Waals surface area contributed by atoms with Crippen LogP contribution in [0.4, 0.5) is 0 Å². The topological polar surface area (TPSA) is 85.1 Å². The van der Waals surface area contributed by atoms with E-state index in [-0.39, 0.29) is 12.3 Å². The SMILES string of the molecule is NC(=O)[C@H](Cc1ccc(Cl)nc1)NC(=O)c1c2ccccc2cc2ccccc12. The Bertz CT molecular complexity index is 1170. The van der Waals surface area contributed by atoms with Gasteiger partial charge in [-0.15, -0.1) is 0 Å². The molecule has 0 fully saturated rings. The smallest absolute Gasteiger partial charge is 0.253 e. The third-order valence-electron chi connectivity index (χ3n) is 4.88. The molecule has 3 N–H and O–H groups in total. The fourth-order valence-corrected chi connectivity index (χ4v) is 3.59. The van der Waals surface area contributed by atoms with Gasteiger partial charge in [-0.1, -0.05) is 66.2 Å². The summed E-state index contributed by atoms with van der Waals surface area (Å²) in [7, 11) is 0. The molecule has 144 valence electrons. The first-order valence-electron chi connectivity index (χ1n) is 9.14. The number of carbonyl (C=O) groups is 2. The minimum absolute atomic E-state index is 0.230. The average molecular weight is 404 g/mol. The van der Waals surface area contributed by atoms with Crippen LogP contribution in [0.15, 0.2) is 72.9 Å². The van der Waals surface area contributed by atoms with Gasteiger partial charge in [0.2, 0.25) is 5.91 Å². The molecule has 1 heterocycles. The summed E-state index contributed by atoms with van der Waals surface area (Å²) >= 11 is 5.81. The third kappa shape index (κ3) is 3.91. The lowest BCUT2D eigenvalue weighted by Gasteiger charge is -2.18. The van der Waals surface area contributed by atoms with Crippen molar-refractivity contribution in [1.82, 2.24) is 10.3 Å². The van der Waals surface area contributed by atoms with Crippen molar-refractivity contribution in [3.05, 3.63) is 89.2 Å². The molecule has 29 heavy (non-hydrogen) atoms. The van der Waals surface area contributed by atoms with E-state index in [0.717, 1.165) is 27.1 Å². The number of carbonyl (C=O) groups excluding carboxylic acids is 2. The van der Waals surface area contributed by atoms with Crippen LogP contribution in [0.2, 0.25) is 5.15 Å². The predicted octanol–water partition coefficient (Wildman–Crippen LogP) is 3.87. The summed E-state index contributed by atoms with van der Waals surface area (Å²) < 4.78 is 0. The molecule has 0 saturated carbocycles. The Balaban J connectivity index is 1.73. The molecule has 2 amide bonds. The number of nitrogens with one attached hydrogen (secondary N) is 1. The summed E-state index contributed by atoms with van der Waals surface area (Å²) in [5.74, 6) is -0.957. The number of nitrogens with two attached hydrogens (primary N) is 1. The number of aromatic nitrogens is 1. The molecule has 1 atom stereocenters. The van der Waals surface area contributed by atoms with Gasteiger partial charge in [-0.05, 0) is 39.2 Å². The molecule has 6 heteroatoms. The molecule has 3 aromatic carbocycles. The van der Waals surface area contributed by atoms with E-state index in [1.807, 2.05) is 54.6 Å². The number of hydrogen-bond donors (Lipinski definition) is 2. The van der Waals surface area contributed by atoms with Crippen LogP contribution in [0.1, 0.15) is 15.9 Å². The van der Waals surface area contributed by atoms with Gasteiger partial charge in [0.15, 0.2) is 0 Å². The first-order chi connectivity index (χ1) is 14.0. The van der Waals surface area contributed by atoms with Gasteiger partial charge in [0.1, 0.15) is 11.2 Å². The van der Waals surface area contributed by atoms with Crippen LogP contribution in [0.3, 0.4) is 0 Å². The summed E-state index contributed by atoms with van der Waals surface area (Å²) in [6.07, 6.45) is 1.80. The summed E-state index contributed by atoms with van der Waals surface area (Å²) in [5.41, 5.74) is 6.84. The number of pyridine rings is 1. The van der Waals surface area contributed by atoms with Gasteiger partial charge in [0.05, 0.1) is 5.56 Å². The van der Waals surface area contributed by atoms with Crippen LogP contribution in [-0.2, 0) is 11.2 Å². The van der Waals surface area contributed by atoms with Gasteiger partial charge in [-0.2, -0.15) is 0 Å². The quantitative estimate of drug-likeness (QED) is 0.392. The maximum Gasteiger partial charge on any atom is 0.253 e. The van der Waals surface area contributed by atoms with Crippen LogP contribution in [0.25, 0.3) is 21.5 Å². The lowest BCUT2D eigenvalue weighted by Crippen LogP contribution is -2.46. The van der Waals surface area contributed by atoms with Crippen LogP contribution >= 0.6 is 11.6 Å². The number of amides is 2. The van der Waals surface area contributed by atoms with Crippen LogP contribution in [0.5, 0.6) is 0 Å². The number of primary amides is 1. The molecule has 0 spiro atoms. The van der Waals surface area contributed by atoms with Gasteiger partial charge < -0.3 is 11.1 Å². The van der Waals surface area contributed by atoms with E-state index in [1.165, 1.54) is 0 Å². The Labute approximate surface area is 172 Å². The zero-order valence-electron chi connectivity index (χ0n) is 15.4. The van der Waals surface area contributed by atoms with Gasteiger partial charge in [-0.3, -0.25) is 9.59 Å². The van der Waals surface area contributed by atoms with Crippen LogP contribution in [0, 0.1) is 0 Å². The Morgan fingerprint density at radius 1 is 0.966 bits per heavy atom. The Morgan fingerprint density at radius 2 is 1.59 bits per heavy atom. The molecule has 5 nitrogen and oxygen atoms in total. The minimum Gasteiger partial charge on any atom is -0.368 e. The van der Waals surface area contributed by atoms with Crippen LogP contribution in [-0.4, -0.2) is 22.8 Å². The fourth-order valence-electron chi connectivity index (χ4n) is 3.47. The lowest BCUT2D eigenvalue weighted by atomic mass is 9.96. The van der Waals surface area contributed by atoms with Crippen molar-refractivity contribution in [2.75, 3.05) is 0 Å². The van der Waals surface area contributed by atoms with E-state index < -0.39 is 11.9 Å². The molecule has 0 radical (unpaired) electrons. The second-order valence-electron chi connectivity index (χ2n) is 6.82. The second kappa shape index (κ2) is 7.89. The summed E-state index contributed by atoms with van der Waals surface area (Å²) in [4.78, 5) is 29.3. The van der Waals surface area contributed by atoms with Crippen molar-refractivity contribution >= 4 is 45.0 Å². The maximum atomic E-state index is 13.3. The summed E-state index contributed by atoms with van der Waals surface area (Å²) in [5, 5.41) is 6.71. The number of rotatable bonds is 5. The van der Waals surface area contributed by atoms with Crippen molar-refractivity contribution in [3.8, 4) is 0 Å². The highest BCUT2D eigenvalue weighted by Crippen LogP contribution is 2.28. The van der Waals surface area contributed by atoms with Crippen molar-refractivity contribution in [3.63, 3.8) is 0 Å². The monoisotopic (exact) mass is 403 g/mol. The molecule has 0 saturated heterocycles. The number of nitrogens with zero attached hydrogens (tertiary/aromatic N) is 1. The summed E-state index contributed by atoms with van der Waals surface area (Å²) in [6, 6.07) is 19.9. The first kappa shape index (κ1) is 18.9. The molecule has 0 unspecified atom stereocenters. The number of halogens is 1. The number of fused-ring (bicyclic) bond motifs is 2. The lowest BCUT2D eigenvalue weighted by molar-refractivity contribution is -0.119. The molecule has 1 aromatic heterocycles. The predicted molar refractivity (Wildman–Crippen MR) is 115 cm³/mol. The number of hydrogen-bond acceptors (Lipinski definition) is 3. The minimum atomic E-state index is -0.872. The molecular formula is C23H18ClN3O2. The standard InChI is InChI=1S/C23H18ClN3O2/c24-20-10-9-14(13-26-20)11-19(22(25)28)27-23(29)21-17-7-3-1-5-15(17)12-16-6-2-4-8-18(16)21/h1-10,12-13,19H,11H2,(H2,25,28)(H,27,29)/t19-/m0/s1. The molecule has 0 bridgehead atoms. The highest BCUT2D eigenvalue weighted by molar-refractivity contribution is 6.29. The van der Waals surface area contributed by atoms with E-state index >= 15 is 0 Å². The Morgan fingerprint density at radius 3 is 2.14 bits per heavy atom. The van der Waals surface area contributed by atoms with Gasteiger partial charge in [0, 0.05) is 12.6 Å². The fraction of sp³-hybridized carbons (Fsp3) is 0.0870. The third-order valence-corrected chi connectivity index (χ3v) is 5.10. The number of benzene rings is 3. The van der Waals surface area contributed by atoms with Crippen molar-refractivity contribution in [1.29, 1.82) is 0 Å². The van der Waals surface area contributed by atoms with Gasteiger partial charge in [0.25, 0.3) is 5.91 Å². The van der Waals surface area contributed by atoms with E-state index in [9.17, 15) is 9.59 Å². The van der Waals surface area contributed by atoms with Crippen molar-refractivity contribution in [2.45, 2.75) is 12.5 Å². The van der Waals surface area contributed by atoms with Crippen molar-refractivity contribution in [2.24, 2.45) is 5.73 Å². The van der Waals surface area contributed by atoms with Gasteiger partial charge in [-0.25, -0.2) is 4.98 Å². The molecule has 0 aliphatic heterocycles. The van der Waals surface area contributed by atoms with Crippen LogP contribution < -0.4 is 11.1 Å². The van der Waals surface area contributed by atoms with E-state index in [4.69, 9.17) is 17.3 Å². The zero-order chi connectivity index (χ0) is 20.4. The molecular weight excluding hydrogens is 386 g/mol. The first-order valence-corrected chi connectivity index (χ1v) is 9.52. The maximum absolute atomic E-state index is 13.3.